The van der Waals surface area contributed by atoms with Crippen LogP contribution in [0.3, 0.4) is 0 Å². The Hall–Kier alpha value is -2.08. The molecule has 0 unspecified atom stereocenters. The molecular weight excluding hydrogens is 362 g/mol. The lowest BCUT2D eigenvalue weighted by Crippen LogP contribution is -2.54. The number of fused-ring (bicyclic) bond motifs is 1. The van der Waals surface area contributed by atoms with E-state index in [1.54, 1.807) is 7.05 Å². The van der Waals surface area contributed by atoms with Gasteiger partial charge in [0.15, 0.2) is 5.96 Å². The molecule has 0 aliphatic carbocycles. The summed E-state index contributed by atoms with van der Waals surface area (Å²) in [7, 11) is 1.80. The number of carbonyl (C=O) groups excluding carboxylic acids is 1. The molecule has 2 N–H and O–H groups in total. The number of aliphatic imine (C=N–C) groups is 1. The fourth-order valence-electron chi connectivity index (χ4n) is 4.25. The molecule has 1 saturated heterocycles. The molecule has 0 saturated carbocycles. The second-order valence-electron chi connectivity index (χ2n) is 8.83. The van der Waals surface area contributed by atoms with Crippen molar-refractivity contribution in [2.75, 3.05) is 33.2 Å². The number of hydrogen-bond donors (Lipinski definition) is 2. The number of guanidine groups is 1. The van der Waals surface area contributed by atoms with Crippen LogP contribution in [-0.2, 0) is 17.9 Å². The number of carbonyl (C=O) groups is 1. The molecule has 160 valence electrons. The van der Waals surface area contributed by atoms with Crippen molar-refractivity contribution in [2.24, 2.45) is 4.99 Å². The topological polar surface area (TPSA) is 60.0 Å². The van der Waals surface area contributed by atoms with E-state index in [0.717, 1.165) is 38.6 Å². The van der Waals surface area contributed by atoms with Crippen LogP contribution in [0.1, 0.15) is 57.1 Å². The Balaban J connectivity index is 1.34. The molecule has 2 aliphatic heterocycles. The molecule has 3 rings (SSSR count). The average Bonchev–Trinajstić information content (AvgIpc) is 3.18. The van der Waals surface area contributed by atoms with Gasteiger partial charge in [-0.25, -0.2) is 0 Å². The molecule has 1 aromatic rings. The van der Waals surface area contributed by atoms with E-state index in [1.165, 1.54) is 43.5 Å². The first-order valence-corrected chi connectivity index (χ1v) is 11.0. The van der Waals surface area contributed by atoms with Gasteiger partial charge in [-0.3, -0.25) is 14.7 Å². The van der Waals surface area contributed by atoms with Crippen LogP contribution in [0.2, 0.25) is 0 Å². The fraction of sp³-hybridized carbons (Fsp3) is 0.652. The number of amides is 1. The minimum Gasteiger partial charge on any atom is -0.356 e. The third-order valence-electron chi connectivity index (χ3n) is 6.18. The van der Waals surface area contributed by atoms with Gasteiger partial charge in [-0.2, -0.15) is 0 Å². The number of benzene rings is 1. The number of hydrogen-bond acceptors (Lipinski definition) is 3. The smallest absolute Gasteiger partial charge is 0.223 e. The summed E-state index contributed by atoms with van der Waals surface area (Å²) in [5.41, 5.74) is 2.67. The van der Waals surface area contributed by atoms with E-state index >= 15 is 0 Å². The third-order valence-corrected chi connectivity index (χ3v) is 6.18. The van der Waals surface area contributed by atoms with Crippen molar-refractivity contribution in [1.82, 2.24) is 20.4 Å². The van der Waals surface area contributed by atoms with Gasteiger partial charge in [0, 0.05) is 45.2 Å². The van der Waals surface area contributed by atoms with Gasteiger partial charge in [-0.05, 0) is 57.3 Å². The van der Waals surface area contributed by atoms with Crippen molar-refractivity contribution < 1.29 is 4.79 Å². The third kappa shape index (κ3) is 5.95. The van der Waals surface area contributed by atoms with Crippen molar-refractivity contribution in [3.8, 4) is 0 Å². The van der Waals surface area contributed by atoms with Crippen LogP contribution in [0.4, 0.5) is 0 Å². The molecule has 2 heterocycles. The predicted octanol–water partition coefficient (Wildman–Crippen LogP) is 2.74. The molecule has 0 atom stereocenters. The minimum absolute atomic E-state index is 0.110. The van der Waals surface area contributed by atoms with Gasteiger partial charge in [-0.15, -0.1) is 0 Å². The highest BCUT2D eigenvalue weighted by molar-refractivity contribution is 5.80. The molecule has 1 amide bonds. The highest BCUT2D eigenvalue weighted by Crippen LogP contribution is 2.23. The number of nitrogens with one attached hydrogen (secondary N) is 2. The van der Waals surface area contributed by atoms with E-state index < -0.39 is 0 Å². The molecule has 0 bridgehead atoms. The normalized spacial score (nSPS) is 17.9. The summed E-state index contributed by atoms with van der Waals surface area (Å²) in [6, 6.07) is 8.32. The van der Waals surface area contributed by atoms with E-state index in [1.807, 2.05) is 17.0 Å². The van der Waals surface area contributed by atoms with Crippen LogP contribution >= 0.6 is 0 Å². The average molecular weight is 400 g/mol. The first kappa shape index (κ1) is 21.6. The van der Waals surface area contributed by atoms with Crippen LogP contribution in [0.25, 0.3) is 0 Å². The van der Waals surface area contributed by atoms with Crippen molar-refractivity contribution in [1.29, 1.82) is 0 Å². The van der Waals surface area contributed by atoms with Gasteiger partial charge in [0.05, 0.1) is 0 Å². The Morgan fingerprint density at radius 3 is 2.34 bits per heavy atom. The maximum absolute atomic E-state index is 12.5. The lowest BCUT2D eigenvalue weighted by Gasteiger charge is -2.41. The van der Waals surface area contributed by atoms with Crippen LogP contribution in [0, 0.1) is 0 Å². The summed E-state index contributed by atoms with van der Waals surface area (Å²) in [6.45, 7) is 10.1. The zero-order valence-electron chi connectivity index (χ0n) is 18.3. The Bertz CT molecular complexity index is 684. The largest absolute Gasteiger partial charge is 0.356 e. The summed E-state index contributed by atoms with van der Waals surface area (Å²) >= 11 is 0. The zero-order valence-corrected chi connectivity index (χ0v) is 18.3. The van der Waals surface area contributed by atoms with Crippen LogP contribution in [-0.4, -0.2) is 60.4 Å². The maximum Gasteiger partial charge on any atom is 0.223 e. The van der Waals surface area contributed by atoms with E-state index in [9.17, 15) is 4.79 Å². The van der Waals surface area contributed by atoms with E-state index in [0.29, 0.717) is 6.42 Å². The summed E-state index contributed by atoms with van der Waals surface area (Å²) in [5.74, 6) is 1.05. The van der Waals surface area contributed by atoms with Crippen molar-refractivity contribution >= 4 is 11.9 Å². The molecule has 1 aromatic carbocycles. The van der Waals surface area contributed by atoms with Crippen molar-refractivity contribution in [3.63, 3.8) is 0 Å². The molecular formula is C23H37N5O. The SMILES string of the molecule is CN=C(NCCCC(=O)N1Cc2ccccc2C1)NCC(C)(C)N1CCCCC1. The Morgan fingerprint density at radius 2 is 1.72 bits per heavy atom. The Kier molecular flexibility index (Phi) is 7.53. The quantitative estimate of drug-likeness (QED) is 0.420. The van der Waals surface area contributed by atoms with Crippen LogP contribution in [0.5, 0.6) is 0 Å². The van der Waals surface area contributed by atoms with Gasteiger partial charge in [0.25, 0.3) is 0 Å². The second-order valence-corrected chi connectivity index (χ2v) is 8.83. The second kappa shape index (κ2) is 10.1. The number of rotatable bonds is 7. The highest BCUT2D eigenvalue weighted by Gasteiger charge is 2.28. The van der Waals surface area contributed by atoms with Gasteiger partial charge in [-0.1, -0.05) is 30.7 Å². The standard InChI is InChI=1S/C23H37N5O/c1-23(2,28-14-7-4-8-15-28)18-26-22(24-3)25-13-9-12-21(29)27-16-19-10-5-6-11-20(19)17-27/h5-6,10-11H,4,7-9,12-18H2,1-3H3,(H2,24,25,26). The van der Waals surface area contributed by atoms with Crippen molar-refractivity contribution in [2.45, 2.75) is 64.6 Å². The Labute approximate surface area is 175 Å². The first-order valence-electron chi connectivity index (χ1n) is 11.0. The molecule has 0 spiro atoms. The maximum atomic E-state index is 12.5. The highest BCUT2D eigenvalue weighted by atomic mass is 16.2. The zero-order chi connectivity index (χ0) is 20.7. The molecule has 6 nitrogen and oxygen atoms in total. The van der Waals surface area contributed by atoms with Crippen LogP contribution in [0.15, 0.2) is 29.3 Å². The van der Waals surface area contributed by atoms with E-state index in [4.69, 9.17) is 0 Å². The predicted molar refractivity (Wildman–Crippen MR) is 119 cm³/mol. The summed E-state index contributed by atoms with van der Waals surface area (Å²) in [4.78, 5) is 21.4. The molecule has 0 radical (unpaired) electrons. The molecule has 6 heteroatoms. The van der Waals surface area contributed by atoms with Gasteiger partial charge < -0.3 is 15.5 Å². The molecule has 29 heavy (non-hydrogen) atoms. The Morgan fingerprint density at radius 1 is 1.07 bits per heavy atom. The van der Waals surface area contributed by atoms with Gasteiger partial charge in [0.1, 0.15) is 0 Å². The number of nitrogens with zero attached hydrogens (tertiary/aromatic N) is 3. The van der Waals surface area contributed by atoms with E-state index in [-0.39, 0.29) is 11.4 Å². The summed E-state index contributed by atoms with van der Waals surface area (Å²) in [6.07, 6.45) is 5.32. The lowest BCUT2D eigenvalue weighted by molar-refractivity contribution is -0.131. The summed E-state index contributed by atoms with van der Waals surface area (Å²) < 4.78 is 0. The lowest BCUT2D eigenvalue weighted by atomic mass is 9.98. The van der Waals surface area contributed by atoms with Gasteiger partial charge in [0.2, 0.25) is 5.91 Å². The number of likely N-dealkylation sites (tertiary alicyclic amines) is 1. The first-order chi connectivity index (χ1) is 14.0. The summed E-state index contributed by atoms with van der Waals surface area (Å²) in [5, 5.41) is 6.82. The van der Waals surface area contributed by atoms with Crippen molar-refractivity contribution in [3.05, 3.63) is 35.4 Å². The molecule has 2 aliphatic rings. The monoisotopic (exact) mass is 399 g/mol. The minimum atomic E-state index is 0.110. The molecule has 1 fully saturated rings. The van der Waals surface area contributed by atoms with Gasteiger partial charge >= 0.3 is 0 Å². The fourth-order valence-corrected chi connectivity index (χ4v) is 4.25. The van der Waals surface area contributed by atoms with E-state index in [2.05, 4.69) is 46.5 Å². The number of piperidine rings is 1. The van der Waals surface area contributed by atoms with Crippen LogP contribution < -0.4 is 10.6 Å². The molecule has 0 aromatic heterocycles.